The molecular weight excluding hydrogens is 661 g/mol. The summed E-state index contributed by atoms with van der Waals surface area (Å²) < 4.78 is 38.6. The van der Waals surface area contributed by atoms with Gasteiger partial charge in [0, 0.05) is 56.4 Å². The molecular formula is C31H33Cl2N3O9S. The Morgan fingerprint density at radius 3 is 2.48 bits per heavy atom. The second-order valence-electron chi connectivity index (χ2n) is 11.4. The molecule has 4 aliphatic rings. The number of sulfone groups is 1. The second kappa shape index (κ2) is 13.7. The van der Waals surface area contributed by atoms with E-state index in [4.69, 9.17) is 32.7 Å². The summed E-state index contributed by atoms with van der Waals surface area (Å²) in [5, 5.41) is 3.16. The number of benzene rings is 2. The number of halogens is 2. The first kappa shape index (κ1) is 33.8. The molecule has 4 saturated heterocycles. The summed E-state index contributed by atoms with van der Waals surface area (Å²) in [5.74, 6) is -1.47. The molecule has 12 nitrogen and oxygen atoms in total. The van der Waals surface area contributed by atoms with E-state index in [1.807, 2.05) is 0 Å². The molecule has 4 heterocycles. The summed E-state index contributed by atoms with van der Waals surface area (Å²) in [6.45, 7) is 1.93. The van der Waals surface area contributed by atoms with Gasteiger partial charge >= 0.3 is 0 Å². The second-order valence-corrected chi connectivity index (χ2v) is 14.4. The summed E-state index contributed by atoms with van der Waals surface area (Å²) in [4.78, 5) is 60.9. The number of nitrogens with one attached hydrogen (secondary N) is 1. The van der Waals surface area contributed by atoms with Crippen molar-refractivity contribution in [2.45, 2.75) is 41.9 Å². The molecule has 0 aromatic heterocycles. The van der Waals surface area contributed by atoms with Crippen LogP contribution in [0.1, 0.15) is 41.6 Å². The topological polar surface area (TPSA) is 156 Å². The van der Waals surface area contributed by atoms with Crippen LogP contribution in [0.15, 0.2) is 41.3 Å². The molecule has 0 bridgehead atoms. The van der Waals surface area contributed by atoms with Gasteiger partial charge in [-0.15, -0.1) is 0 Å². The van der Waals surface area contributed by atoms with E-state index >= 15 is 0 Å². The minimum absolute atomic E-state index is 0.000787. The van der Waals surface area contributed by atoms with Crippen LogP contribution < -0.4 is 10.1 Å². The highest BCUT2D eigenvalue weighted by Gasteiger charge is 2.70. The zero-order valence-corrected chi connectivity index (χ0v) is 27.4. The smallest absolute Gasteiger partial charge is 0.255 e. The van der Waals surface area contributed by atoms with Crippen molar-refractivity contribution in [3.63, 3.8) is 0 Å². The Bertz CT molecular complexity index is 1680. The Morgan fingerprint density at radius 2 is 1.78 bits per heavy atom. The first-order valence-electron chi connectivity index (χ1n) is 14.8. The van der Waals surface area contributed by atoms with Crippen LogP contribution in [-0.2, 0) is 40.2 Å². The molecule has 0 radical (unpaired) electrons. The number of carbonyl (C=O) groups is 5. The van der Waals surface area contributed by atoms with Crippen LogP contribution >= 0.6 is 23.2 Å². The maximum Gasteiger partial charge on any atom is 0.255 e. The molecule has 4 fully saturated rings. The number of ketones is 2. The van der Waals surface area contributed by atoms with Gasteiger partial charge in [0.15, 0.2) is 5.78 Å². The van der Waals surface area contributed by atoms with Crippen molar-refractivity contribution in [1.29, 1.82) is 0 Å². The maximum absolute atomic E-state index is 14.0. The largest absolute Gasteiger partial charge is 0.496 e. The average molecular weight is 695 g/mol. The van der Waals surface area contributed by atoms with Crippen LogP contribution in [0.3, 0.4) is 0 Å². The van der Waals surface area contributed by atoms with Crippen LogP contribution in [0.25, 0.3) is 0 Å². The number of ether oxygens (including phenoxy) is 2. The van der Waals surface area contributed by atoms with E-state index in [1.54, 1.807) is 18.2 Å². The molecule has 46 heavy (non-hydrogen) atoms. The number of rotatable bonds is 6. The third kappa shape index (κ3) is 6.38. The number of amides is 3. The molecule has 1 N–H and O–H groups in total. The van der Waals surface area contributed by atoms with Crippen molar-refractivity contribution >= 4 is 62.3 Å². The predicted molar refractivity (Wildman–Crippen MR) is 166 cm³/mol. The van der Waals surface area contributed by atoms with Crippen LogP contribution in [0.2, 0.25) is 10.0 Å². The lowest BCUT2D eigenvalue weighted by atomic mass is 9.92. The summed E-state index contributed by atoms with van der Waals surface area (Å²) in [6.07, 6.45) is 1.01. The molecule has 2 atom stereocenters. The quantitative estimate of drug-likeness (QED) is 0.449. The van der Waals surface area contributed by atoms with Gasteiger partial charge < -0.3 is 24.6 Å². The number of morpholine rings is 1. The number of methoxy groups -OCH3 is 1. The van der Waals surface area contributed by atoms with Gasteiger partial charge in [-0.05, 0) is 48.4 Å². The summed E-state index contributed by atoms with van der Waals surface area (Å²) in [5.41, 5.74) is 0.657. The van der Waals surface area contributed by atoms with Gasteiger partial charge in [-0.2, -0.15) is 0 Å². The molecule has 2 aromatic rings. The lowest BCUT2D eigenvalue weighted by molar-refractivity contribution is -0.150. The van der Waals surface area contributed by atoms with E-state index in [0.717, 1.165) is 4.90 Å². The Balaban J connectivity index is 0.000000400. The molecule has 4 aliphatic heterocycles. The average Bonchev–Trinajstić information content (AvgIpc) is 3.12. The molecule has 0 saturated carbocycles. The Hall–Kier alpha value is -3.52. The Labute approximate surface area is 276 Å². The number of β-lactam (4-membered cyclic amide) rings is 1. The van der Waals surface area contributed by atoms with E-state index in [-0.39, 0.29) is 40.1 Å². The van der Waals surface area contributed by atoms with Crippen molar-refractivity contribution in [3.8, 4) is 5.75 Å². The molecule has 246 valence electrons. The molecule has 6 rings (SSSR count). The number of fused-ring (bicyclic) bond motifs is 1. The van der Waals surface area contributed by atoms with Crippen LogP contribution in [0.5, 0.6) is 5.75 Å². The third-order valence-electron chi connectivity index (χ3n) is 8.57. The van der Waals surface area contributed by atoms with Crippen LogP contribution in [0, 0.1) is 5.92 Å². The fourth-order valence-corrected chi connectivity index (χ4v) is 8.59. The van der Waals surface area contributed by atoms with Crippen molar-refractivity contribution < 1.29 is 41.9 Å². The van der Waals surface area contributed by atoms with Gasteiger partial charge in [0.05, 0.1) is 42.2 Å². The minimum atomic E-state index is -4.39. The zero-order valence-electron chi connectivity index (χ0n) is 25.1. The summed E-state index contributed by atoms with van der Waals surface area (Å²) >= 11 is 12.4. The molecule has 2 aromatic carbocycles. The van der Waals surface area contributed by atoms with Gasteiger partial charge in [-0.3, -0.25) is 24.0 Å². The third-order valence-corrected chi connectivity index (χ3v) is 11.5. The number of nitrogens with zero attached hydrogens (tertiary/aromatic N) is 2. The molecule has 2 unspecified atom stereocenters. The highest BCUT2D eigenvalue weighted by atomic mass is 35.5. The standard InChI is InChI=1S/C25H24Cl2N2O7S.C6H9NO2/c1-35-21-5-2-17(26)11-15(21)10-16-14-29-22(30)13-25(29,23(16)31)37(33,34)18-3-4-20(27)19(12-18)24(32)28-6-8-36-9-7-28;8-5-1-2-6(9)7-4-3-5/h2-5,11-12,16H,6-10,13-14H2,1H3;1-4H2,(H,7,9). The lowest BCUT2D eigenvalue weighted by Gasteiger charge is -2.44. The number of hydrogen-bond acceptors (Lipinski definition) is 9. The summed E-state index contributed by atoms with van der Waals surface area (Å²) in [6, 6.07) is 8.78. The van der Waals surface area contributed by atoms with E-state index in [2.05, 4.69) is 5.32 Å². The van der Waals surface area contributed by atoms with E-state index in [1.165, 1.54) is 30.2 Å². The maximum atomic E-state index is 14.0. The van der Waals surface area contributed by atoms with Crippen molar-refractivity contribution in [2.24, 2.45) is 5.92 Å². The van der Waals surface area contributed by atoms with Gasteiger partial charge in [0.1, 0.15) is 11.5 Å². The highest BCUT2D eigenvalue weighted by Crippen LogP contribution is 2.49. The van der Waals surface area contributed by atoms with Gasteiger partial charge in [0.2, 0.25) is 26.5 Å². The fraction of sp³-hybridized carbons (Fsp3) is 0.452. The molecule has 0 aliphatic carbocycles. The van der Waals surface area contributed by atoms with Crippen molar-refractivity contribution in [2.75, 3.05) is 46.5 Å². The normalized spacial score (nSPS) is 23.1. The van der Waals surface area contributed by atoms with Gasteiger partial charge in [0.25, 0.3) is 5.91 Å². The Kier molecular flexibility index (Phi) is 10.1. The SMILES string of the molecule is COc1ccc(Cl)cc1CC1CN2C(=O)CC2(S(=O)(=O)c2ccc(Cl)c(C(=O)N3CCOCC3)c2)C1=O.O=C1CCNC(=O)CC1. The molecule has 3 amide bonds. The lowest BCUT2D eigenvalue weighted by Crippen LogP contribution is -2.67. The van der Waals surface area contributed by atoms with E-state index in [9.17, 15) is 32.4 Å². The Morgan fingerprint density at radius 1 is 1.04 bits per heavy atom. The first-order chi connectivity index (χ1) is 21.9. The molecule has 0 spiro atoms. The fourth-order valence-electron chi connectivity index (χ4n) is 6.07. The predicted octanol–water partition coefficient (Wildman–Crippen LogP) is 2.47. The molecule has 15 heteroatoms. The van der Waals surface area contributed by atoms with Crippen molar-refractivity contribution in [3.05, 3.63) is 57.6 Å². The number of hydrogen-bond donors (Lipinski definition) is 1. The monoisotopic (exact) mass is 693 g/mol. The number of carbonyl (C=O) groups excluding carboxylic acids is 5. The summed E-state index contributed by atoms with van der Waals surface area (Å²) in [7, 11) is -2.90. The highest BCUT2D eigenvalue weighted by molar-refractivity contribution is 7.93. The van der Waals surface area contributed by atoms with E-state index in [0.29, 0.717) is 68.4 Å². The van der Waals surface area contributed by atoms with Crippen LogP contribution in [-0.4, -0.2) is 98.9 Å². The van der Waals surface area contributed by atoms with Gasteiger partial charge in [-0.25, -0.2) is 8.42 Å². The first-order valence-corrected chi connectivity index (χ1v) is 17.0. The van der Waals surface area contributed by atoms with Crippen LogP contribution in [0.4, 0.5) is 0 Å². The van der Waals surface area contributed by atoms with Gasteiger partial charge in [-0.1, -0.05) is 23.2 Å². The van der Waals surface area contributed by atoms with E-state index < -0.39 is 44.6 Å². The zero-order chi connectivity index (χ0) is 33.2. The number of Topliss-reactive ketones (excluding diaryl/α,β-unsaturated/α-hetero) is 2. The van der Waals surface area contributed by atoms with Crippen molar-refractivity contribution in [1.82, 2.24) is 15.1 Å². The minimum Gasteiger partial charge on any atom is -0.496 e.